The number of thiazole rings is 1. The van der Waals surface area contributed by atoms with Gasteiger partial charge in [-0.15, -0.1) is 0 Å². The summed E-state index contributed by atoms with van der Waals surface area (Å²) < 4.78 is 8.74. The number of hydrogen-bond donors (Lipinski definition) is 1. The van der Waals surface area contributed by atoms with Crippen molar-refractivity contribution in [3.05, 3.63) is 86.5 Å². The number of phenols is 1. The molecule has 1 aliphatic rings. The lowest BCUT2D eigenvalue weighted by atomic mass is 9.95. The summed E-state index contributed by atoms with van der Waals surface area (Å²) in [4.78, 5) is 33.7. The number of aromatic nitrogens is 1. The maximum absolute atomic E-state index is 13.7. The number of aromatic hydroxyl groups is 1. The molecule has 0 saturated heterocycles. The van der Waals surface area contributed by atoms with Crippen LogP contribution >= 0.6 is 49.9 Å². The van der Waals surface area contributed by atoms with Gasteiger partial charge in [0.25, 0.3) is 5.56 Å². The molecular formula is C25H23BrIN3O4S. The summed E-state index contributed by atoms with van der Waals surface area (Å²) in [6.45, 7) is 3.72. The van der Waals surface area contributed by atoms with Gasteiger partial charge in [-0.05, 0) is 72.3 Å². The van der Waals surface area contributed by atoms with Crippen molar-refractivity contribution in [2.24, 2.45) is 4.99 Å². The molecular weight excluding hydrogens is 645 g/mol. The van der Waals surface area contributed by atoms with Crippen molar-refractivity contribution in [2.45, 2.75) is 19.9 Å². The molecule has 182 valence electrons. The van der Waals surface area contributed by atoms with Gasteiger partial charge in [-0.25, -0.2) is 9.79 Å². The second-order valence-electron chi connectivity index (χ2n) is 8.11. The number of allylic oxidation sites excluding steroid dienone is 1. The molecule has 7 nitrogen and oxygen atoms in total. The number of benzene rings is 2. The van der Waals surface area contributed by atoms with Gasteiger partial charge in [0, 0.05) is 29.8 Å². The first-order valence-corrected chi connectivity index (χ1v) is 13.5. The van der Waals surface area contributed by atoms with Crippen molar-refractivity contribution >= 4 is 67.6 Å². The number of carbonyl (C=O) groups excluding carboxylic acids is 1. The smallest absolute Gasteiger partial charge is 0.338 e. The average molecular weight is 668 g/mol. The van der Waals surface area contributed by atoms with E-state index in [1.165, 1.54) is 11.3 Å². The maximum Gasteiger partial charge on any atom is 0.338 e. The fourth-order valence-electron chi connectivity index (χ4n) is 3.90. The molecule has 0 aliphatic carbocycles. The van der Waals surface area contributed by atoms with E-state index in [2.05, 4.69) is 20.9 Å². The Labute approximate surface area is 228 Å². The predicted octanol–water partition coefficient (Wildman–Crippen LogP) is 3.94. The summed E-state index contributed by atoms with van der Waals surface area (Å²) in [5, 5.41) is 10.5. The van der Waals surface area contributed by atoms with E-state index in [0.29, 0.717) is 29.7 Å². The SMILES string of the molecule is CCOC(=O)C1=C(C)N=c2s/c(=C/c3cc(Br)cc(I)c3O)c(=O)n2C1c1ccc(N(C)C)cc1. The van der Waals surface area contributed by atoms with Crippen molar-refractivity contribution < 1.29 is 14.6 Å². The van der Waals surface area contributed by atoms with E-state index in [0.717, 1.165) is 15.7 Å². The van der Waals surface area contributed by atoms with Crippen LogP contribution in [0.25, 0.3) is 6.08 Å². The first-order valence-electron chi connectivity index (χ1n) is 10.8. The van der Waals surface area contributed by atoms with E-state index >= 15 is 0 Å². The van der Waals surface area contributed by atoms with Gasteiger partial charge < -0.3 is 14.7 Å². The second-order valence-corrected chi connectivity index (χ2v) is 11.2. The maximum atomic E-state index is 13.7. The molecule has 0 bridgehead atoms. The van der Waals surface area contributed by atoms with Crippen LogP contribution < -0.4 is 19.8 Å². The Morgan fingerprint density at radius 2 is 2.00 bits per heavy atom. The molecule has 35 heavy (non-hydrogen) atoms. The number of hydrogen-bond acceptors (Lipinski definition) is 7. The fourth-order valence-corrected chi connectivity index (χ4v) is 6.49. The minimum atomic E-state index is -0.681. The molecule has 0 fully saturated rings. The number of esters is 1. The van der Waals surface area contributed by atoms with Gasteiger partial charge in [-0.3, -0.25) is 9.36 Å². The van der Waals surface area contributed by atoms with Crippen molar-refractivity contribution in [1.29, 1.82) is 0 Å². The van der Waals surface area contributed by atoms with Crippen LogP contribution in [-0.4, -0.2) is 36.3 Å². The lowest BCUT2D eigenvalue weighted by molar-refractivity contribution is -0.139. The highest BCUT2D eigenvalue weighted by Crippen LogP contribution is 2.32. The van der Waals surface area contributed by atoms with E-state index in [9.17, 15) is 14.7 Å². The Balaban J connectivity index is 1.96. The highest BCUT2D eigenvalue weighted by atomic mass is 127. The Morgan fingerprint density at radius 3 is 2.63 bits per heavy atom. The number of anilines is 1. The summed E-state index contributed by atoms with van der Waals surface area (Å²) in [7, 11) is 3.90. The van der Waals surface area contributed by atoms with Crippen LogP contribution in [-0.2, 0) is 9.53 Å². The van der Waals surface area contributed by atoms with Gasteiger partial charge in [0.15, 0.2) is 4.80 Å². The zero-order valence-electron chi connectivity index (χ0n) is 19.5. The summed E-state index contributed by atoms with van der Waals surface area (Å²) in [6.07, 6.45) is 1.65. The standard InChI is InChI=1S/C25H23BrIN3O4S/c1-5-34-24(33)20-13(2)28-25-30(21(20)14-6-8-17(9-7-14)29(3)4)23(32)19(35-25)11-15-10-16(26)12-18(27)22(15)31/h6-12,21,31H,5H2,1-4H3/b19-11+. The molecule has 2 heterocycles. The molecule has 1 atom stereocenters. The first kappa shape index (κ1) is 25.6. The predicted molar refractivity (Wildman–Crippen MR) is 150 cm³/mol. The van der Waals surface area contributed by atoms with E-state index in [4.69, 9.17) is 4.74 Å². The van der Waals surface area contributed by atoms with Crippen molar-refractivity contribution in [3.8, 4) is 5.75 Å². The summed E-state index contributed by atoms with van der Waals surface area (Å²) in [5.74, 6) is -0.400. The first-order chi connectivity index (χ1) is 16.6. The highest BCUT2D eigenvalue weighted by Gasteiger charge is 2.33. The molecule has 10 heteroatoms. The Kier molecular flexibility index (Phi) is 7.53. The average Bonchev–Trinajstić information content (AvgIpc) is 3.10. The van der Waals surface area contributed by atoms with Crippen molar-refractivity contribution in [2.75, 3.05) is 25.6 Å². The molecule has 3 aromatic rings. The van der Waals surface area contributed by atoms with Crippen molar-refractivity contribution in [1.82, 2.24) is 4.57 Å². The number of nitrogens with zero attached hydrogens (tertiary/aromatic N) is 3. The lowest BCUT2D eigenvalue weighted by Gasteiger charge is -2.25. The monoisotopic (exact) mass is 667 g/mol. The largest absolute Gasteiger partial charge is 0.506 e. The van der Waals surface area contributed by atoms with Crippen LogP contribution in [0.2, 0.25) is 0 Å². The van der Waals surface area contributed by atoms with Gasteiger partial charge in [0.05, 0.1) is 32.0 Å². The molecule has 1 aliphatic heterocycles. The fraction of sp³-hybridized carbons (Fsp3) is 0.240. The van der Waals surface area contributed by atoms with Gasteiger partial charge in [0.1, 0.15) is 5.75 Å². The number of ether oxygens (including phenoxy) is 1. The molecule has 0 amide bonds. The van der Waals surface area contributed by atoms with Crippen molar-refractivity contribution in [3.63, 3.8) is 0 Å². The molecule has 0 spiro atoms. The number of rotatable bonds is 5. The van der Waals surface area contributed by atoms with Gasteiger partial charge >= 0.3 is 5.97 Å². The molecule has 0 radical (unpaired) electrons. The van der Waals surface area contributed by atoms with Crippen LogP contribution in [0, 0.1) is 3.57 Å². The van der Waals surface area contributed by atoms with Gasteiger partial charge in [0.2, 0.25) is 0 Å². The van der Waals surface area contributed by atoms with Gasteiger partial charge in [-0.2, -0.15) is 0 Å². The topological polar surface area (TPSA) is 84.1 Å². The van der Waals surface area contributed by atoms with E-state index in [1.807, 2.05) is 65.9 Å². The van der Waals surface area contributed by atoms with Crippen LogP contribution in [0.4, 0.5) is 5.69 Å². The number of phenolic OH excluding ortho intramolecular Hbond substituents is 1. The Bertz CT molecular complexity index is 1520. The van der Waals surface area contributed by atoms with Crippen LogP contribution in [0.1, 0.15) is 31.0 Å². The molecule has 1 N–H and O–H groups in total. The molecule has 1 unspecified atom stereocenters. The van der Waals surface area contributed by atoms with E-state index in [1.54, 1.807) is 36.6 Å². The highest BCUT2D eigenvalue weighted by molar-refractivity contribution is 14.1. The summed E-state index contributed by atoms with van der Waals surface area (Å²) in [6, 6.07) is 10.6. The zero-order valence-corrected chi connectivity index (χ0v) is 24.1. The number of halogens is 2. The quantitative estimate of drug-likeness (QED) is 0.329. The third kappa shape index (κ3) is 4.96. The summed E-state index contributed by atoms with van der Waals surface area (Å²) in [5.41, 5.74) is 2.85. The zero-order chi connectivity index (χ0) is 25.4. The molecule has 1 aromatic heterocycles. The normalized spacial score (nSPS) is 15.6. The minimum absolute atomic E-state index is 0.0962. The number of carbonyl (C=O) groups is 1. The Hall–Kier alpha value is -2.44. The number of fused-ring (bicyclic) bond motifs is 1. The van der Waals surface area contributed by atoms with Gasteiger partial charge in [-0.1, -0.05) is 39.4 Å². The van der Waals surface area contributed by atoms with E-state index in [-0.39, 0.29) is 17.9 Å². The second kappa shape index (κ2) is 10.3. The summed E-state index contributed by atoms with van der Waals surface area (Å²) >= 11 is 6.70. The lowest BCUT2D eigenvalue weighted by Crippen LogP contribution is -2.39. The third-order valence-electron chi connectivity index (χ3n) is 5.59. The van der Waals surface area contributed by atoms with Crippen LogP contribution in [0.5, 0.6) is 5.75 Å². The Morgan fingerprint density at radius 1 is 1.31 bits per heavy atom. The molecule has 4 rings (SSSR count). The van der Waals surface area contributed by atoms with Crippen LogP contribution in [0.3, 0.4) is 0 Å². The third-order valence-corrected chi connectivity index (χ3v) is 7.85. The molecule has 2 aromatic carbocycles. The van der Waals surface area contributed by atoms with Crippen LogP contribution in [0.15, 0.2) is 61.9 Å². The van der Waals surface area contributed by atoms with E-state index < -0.39 is 12.0 Å². The minimum Gasteiger partial charge on any atom is -0.506 e. The molecule has 0 saturated carbocycles.